The van der Waals surface area contributed by atoms with Gasteiger partial charge in [-0.05, 0) is 6.92 Å². The van der Waals surface area contributed by atoms with Crippen LogP contribution in [-0.2, 0) is 9.59 Å². The fourth-order valence-electron chi connectivity index (χ4n) is 1.64. The van der Waals surface area contributed by atoms with E-state index >= 15 is 0 Å². The second-order valence-electron chi connectivity index (χ2n) is 5.09. The molecule has 0 radical (unpaired) electrons. The quantitative estimate of drug-likeness (QED) is 0.504. The van der Waals surface area contributed by atoms with Gasteiger partial charge in [0.2, 0.25) is 0 Å². The Bertz CT molecular complexity index is 281. The lowest BCUT2D eigenvalue weighted by molar-refractivity contribution is -0.875. The van der Waals surface area contributed by atoms with E-state index in [9.17, 15) is 14.7 Å². The van der Waals surface area contributed by atoms with Crippen LogP contribution in [0.1, 0.15) is 13.3 Å². The van der Waals surface area contributed by atoms with Crippen molar-refractivity contribution >= 4 is 11.8 Å². The van der Waals surface area contributed by atoms with Crippen molar-refractivity contribution in [3.8, 4) is 0 Å². The first-order valence-electron chi connectivity index (χ1n) is 4.95. The minimum Gasteiger partial charge on any atom is -0.481 e. The topological polar surface area (TPSA) is 94.8 Å². The first-order chi connectivity index (χ1) is 6.98. The van der Waals surface area contributed by atoms with Crippen LogP contribution in [0.5, 0.6) is 0 Å². The molecule has 6 heteroatoms. The highest BCUT2D eigenvalue weighted by atomic mass is 16.4. The third-order valence-electron chi connectivity index (χ3n) is 2.02. The van der Waals surface area contributed by atoms with Crippen LogP contribution in [0.4, 0.5) is 0 Å². The number of carboxylic acids is 1. The Morgan fingerprint density at radius 1 is 1.31 bits per heavy atom. The molecule has 0 saturated heterocycles. The molecule has 0 bridgehead atoms. The van der Waals surface area contributed by atoms with E-state index in [0.717, 1.165) is 0 Å². The molecule has 0 spiro atoms. The van der Waals surface area contributed by atoms with Crippen molar-refractivity contribution in [2.75, 3.05) is 27.7 Å². The van der Waals surface area contributed by atoms with Crippen LogP contribution < -0.4 is 0 Å². The van der Waals surface area contributed by atoms with Crippen molar-refractivity contribution in [2.45, 2.75) is 25.0 Å². The summed E-state index contributed by atoms with van der Waals surface area (Å²) in [6.07, 6.45) is -2.08. The molecular weight excluding hydrogens is 214 g/mol. The predicted octanol–water partition coefficient (Wildman–Crippen LogP) is -1.15. The van der Waals surface area contributed by atoms with Crippen molar-refractivity contribution < 1.29 is 29.4 Å². The second-order valence-corrected chi connectivity index (χ2v) is 5.09. The molecule has 0 aromatic heterocycles. The number of hydrogen-bond acceptors (Lipinski definition) is 4. The van der Waals surface area contributed by atoms with Crippen LogP contribution in [0.25, 0.3) is 0 Å². The number of carbonyl (C=O) groups is 2. The van der Waals surface area contributed by atoms with E-state index in [1.54, 1.807) is 21.1 Å². The van der Waals surface area contributed by atoms with Crippen LogP contribution in [0.15, 0.2) is 0 Å². The Labute approximate surface area is 94.7 Å². The van der Waals surface area contributed by atoms with Gasteiger partial charge in [-0.3, -0.25) is 9.59 Å². The average Bonchev–Trinajstić information content (AvgIpc) is 1.96. The lowest BCUT2D eigenvalue weighted by atomic mass is 9.90. The number of aliphatic carboxylic acids is 1. The summed E-state index contributed by atoms with van der Waals surface area (Å²) in [6, 6.07) is 0. The summed E-state index contributed by atoms with van der Waals surface area (Å²) in [7, 11) is 5.17. The monoisotopic (exact) mass is 234 g/mol. The van der Waals surface area contributed by atoms with Crippen LogP contribution in [0.2, 0.25) is 0 Å². The number of carboxylic acid groups (broad SMARTS) is 1. The van der Waals surface area contributed by atoms with Gasteiger partial charge in [-0.1, -0.05) is 0 Å². The highest BCUT2D eigenvalue weighted by Gasteiger charge is 2.44. The van der Waals surface area contributed by atoms with E-state index in [2.05, 4.69) is 0 Å². The van der Waals surface area contributed by atoms with Crippen molar-refractivity contribution in [1.29, 1.82) is 0 Å². The summed E-state index contributed by atoms with van der Waals surface area (Å²) in [5.41, 5.74) is -2.03. The zero-order valence-electron chi connectivity index (χ0n) is 10.1. The number of nitrogens with zero attached hydrogens (tertiary/aromatic N) is 1. The summed E-state index contributed by atoms with van der Waals surface area (Å²) in [5, 5.41) is 27.9. The standard InChI is InChI=1S/C10H19NO5/c1-7(12)9(15)10(16,5-8(13)14)6-11(2,3)4/h7,12,16H,5-6H2,1-4H3/p+1. The SMILES string of the molecule is CC(O)C(=O)C(O)(CC(=O)O)C[N+](C)(C)C. The minimum atomic E-state index is -2.03. The van der Waals surface area contributed by atoms with Gasteiger partial charge >= 0.3 is 5.97 Å². The van der Waals surface area contributed by atoms with Crippen molar-refractivity contribution in [3.05, 3.63) is 0 Å². The predicted molar refractivity (Wildman–Crippen MR) is 56.8 cm³/mol. The lowest BCUT2D eigenvalue weighted by Crippen LogP contribution is -2.57. The van der Waals surface area contributed by atoms with Gasteiger partial charge in [-0.25, -0.2) is 0 Å². The van der Waals surface area contributed by atoms with Gasteiger partial charge < -0.3 is 19.8 Å². The van der Waals surface area contributed by atoms with Gasteiger partial charge in [0.05, 0.1) is 27.6 Å². The summed E-state index contributed by atoms with van der Waals surface area (Å²) in [5.74, 6) is -2.13. The summed E-state index contributed by atoms with van der Waals surface area (Å²) >= 11 is 0. The van der Waals surface area contributed by atoms with Crippen LogP contribution >= 0.6 is 0 Å². The van der Waals surface area contributed by atoms with Gasteiger partial charge in [0.1, 0.15) is 12.6 Å². The number of aliphatic hydroxyl groups is 2. The van der Waals surface area contributed by atoms with Crippen molar-refractivity contribution in [3.63, 3.8) is 0 Å². The molecule has 0 aromatic rings. The molecule has 94 valence electrons. The van der Waals surface area contributed by atoms with Crippen LogP contribution in [-0.4, -0.2) is 70.9 Å². The van der Waals surface area contributed by atoms with Gasteiger partial charge in [0, 0.05) is 0 Å². The number of quaternary nitrogens is 1. The lowest BCUT2D eigenvalue weighted by Gasteiger charge is -2.34. The molecule has 0 rings (SSSR count). The molecule has 3 N–H and O–H groups in total. The molecule has 16 heavy (non-hydrogen) atoms. The molecule has 0 aliphatic rings. The van der Waals surface area contributed by atoms with Gasteiger partial charge in [-0.15, -0.1) is 0 Å². The summed E-state index contributed by atoms with van der Waals surface area (Å²) in [4.78, 5) is 22.2. The van der Waals surface area contributed by atoms with E-state index in [-0.39, 0.29) is 11.0 Å². The van der Waals surface area contributed by atoms with E-state index in [0.29, 0.717) is 0 Å². The van der Waals surface area contributed by atoms with Gasteiger partial charge in [-0.2, -0.15) is 0 Å². The number of rotatable bonds is 6. The Balaban J connectivity index is 5.03. The van der Waals surface area contributed by atoms with E-state index < -0.39 is 29.9 Å². The zero-order valence-corrected chi connectivity index (χ0v) is 10.1. The largest absolute Gasteiger partial charge is 0.481 e. The van der Waals surface area contributed by atoms with E-state index in [1.807, 2.05) is 0 Å². The fraction of sp³-hybridized carbons (Fsp3) is 0.800. The minimum absolute atomic E-state index is 0.0664. The normalized spacial score (nSPS) is 17.6. The first-order valence-corrected chi connectivity index (χ1v) is 4.95. The molecular formula is C10H20NO5+. The van der Waals surface area contributed by atoms with Gasteiger partial charge in [0.25, 0.3) is 0 Å². The number of hydrogen-bond donors (Lipinski definition) is 3. The third-order valence-corrected chi connectivity index (χ3v) is 2.02. The molecule has 0 saturated carbocycles. The molecule has 2 unspecified atom stereocenters. The third kappa shape index (κ3) is 4.69. The molecule has 0 amide bonds. The number of Topliss-reactive ketones (excluding diaryl/α,β-unsaturated/α-hetero) is 1. The molecule has 0 aliphatic carbocycles. The average molecular weight is 234 g/mol. The highest BCUT2D eigenvalue weighted by Crippen LogP contribution is 2.17. The molecule has 0 aromatic carbocycles. The van der Waals surface area contributed by atoms with Crippen LogP contribution in [0, 0.1) is 0 Å². The van der Waals surface area contributed by atoms with Crippen LogP contribution in [0.3, 0.4) is 0 Å². The number of carbonyl (C=O) groups excluding carboxylic acids is 1. The first kappa shape index (κ1) is 15.0. The summed E-state index contributed by atoms with van der Waals surface area (Å²) < 4.78 is 0.224. The Hall–Kier alpha value is -0.980. The van der Waals surface area contributed by atoms with E-state index in [1.165, 1.54) is 6.92 Å². The van der Waals surface area contributed by atoms with Gasteiger partial charge in [0.15, 0.2) is 11.4 Å². The van der Waals surface area contributed by atoms with E-state index in [4.69, 9.17) is 10.2 Å². The fourth-order valence-corrected chi connectivity index (χ4v) is 1.64. The molecule has 0 heterocycles. The highest BCUT2D eigenvalue weighted by molar-refractivity contribution is 5.93. The van der Waals surface area contributed by atoms with Crippen molar-refractivity contribution in [1.82, 2.24) is 0 Å². The second kappa shape index (κ2) is 4.90. The molecule has 2 atom stereocenters. The zero-order chi connectivity index (χ0) is 13.1. The number of ketones is 1. The smallest absolute Gasteiger partial charge is 0.306 e. The number of likely N-dealkylation sites (N-methyl/N-ethyl adjacent to an activating group) is 1. The maximum atomic E-state index is 11.6. The Morgan fingerprint density at radius 2 is 1.75 bits per heavy atom. The Morgan fingerprint density at radius 3 is 2.00 bits per heavy atom. The molecule has 6 nitrogen and oxygen atoms in total. The number of aliphatic hydroxyl groups excluding tert-OH is 1. The Kier molecular flexibility index (Phi) is 4.60. The molecule has 0 aliphatic heterocycles. The van der Waals surface area contributed by atoms with Crippen molar-refractivity contribution in [2.24, 2.45) is 0 Å². The maximum Gasteiger partial charge on any atom is 0.306 e. The molecule has 0 fully saturated rings. The summed E-state index contributed by atoms with van der Waals surface area (Å²) in [6.45, 7) is 1.15. The maximum absolute atomic E-state index is 11.6.